The molecule has 14 amide bonds. The fourth-order valence-corrected chi connectivity index (χ4v) is 14.3. The van der Waals surface area contributed by atoms with E-state index in [0.29, 0.717) is 30.6 Å². The van der Waals surface area contributed by atoms with Crippen molar-refractivity contribution in [3.05, 3.63) is 35.9 Å². The molecule has 4 aliphatic rings. The summed E-state index contributed by atoms with van der Waals surface area (Å²) >= 11 is 5.71. The average Bonchev–Trinajstić information content (AvgIpc) is 1.65. The number of thiol groups is 1. The van der Waals surface area contributed by atoms with Crippen LogP contribution in [0, 0.1) is 11.8 Å². The number of aliphatic imine (C=N–C) groups is 3. The number of nitrogens with one attached hydrogen (secondary N) is 11. The molecule has 0 radical (unpaired) electrons. The van der Waals surface area contributed by atoms with Crippen LogP contribution in [-0.4, -0.2) is 280 Å². The first-order chi connectivity index (χ1) is 54.1. The van der Waals surface area contributed by atoms with Crippen molar-refractivity contribution in [3.63, 3.8) is 0 Å². The highest BCUT2D eigenvalue weighted by Gasteiger charge is 2.45. The molecule has 1 aromatic carbocycles. The predicted octanol–water partition coefficient (Wildman–Crippen LogP) is -6.03. The lowest BCUT2D eigenvalue weighted by molar-refractivity contribution is -0.150. The smallest absolute Gasteiger partial charge is 0.326 e. The Morgan fingerprint density at radius 1 is 0.509 bits per heavy atom. The van der Waals surface area contributed by atoms with Crippen LogP contribution in [-0.2, 0) is 78.3 Å². The number of benzene rings is 1. The fraction of sp³-hybridized carbons (Fsp3) is 0.667. The van der Waals surface area contributed by atoms with Gasteiger partial charge in [0.05, 0.1) is 6.61 Å². The number of carbonyl (C=O) groups is 15. The Hall–Kier alpha value is -10.3. The number of guanidine groups is 3. The van der Waals surface area contributed by atoms with Gasteiger partial charge in [0.2, 0.25) is 82.7 Å². The van der Waals surface area contributed by atoms with Crippen molar-refractivity contribution in [3.8, 4) is 0 Å². The SMILES string of the molecule is CSCC[C@H](NC(=O)[C@H](CS)NC(=O)[C@H](CCCN=C(N)N)NC(=O)[C@H](CCCN=C(N)N)NC(=O)C1CCC(=O)N1)C(=O)N1CCC[C@H]1C(=O)N[C@@H](CC(C)C)C(=O)N[C@@H](C)C(=O)N[C@@H](CO)C(=O)N[C@@H](CCCN=C(N)N)C(=O)N[C@H](C(=O)N1CCC[C@H]1C(=O)N[C@@H](Cc1ccccc1)C(=O)N1CCC[C@H]1C(=O)O)C(C)C. The summed E-state index contributed by atoms with van der Waals surface area (Å²) < 4.78 is 0. The van der Waals surface area contributed by atoms with E-state index in [1.165, 1.54) is 33.4 Å². The van der Waals surface area contributed by atoms with E-state index in [1.807, 2.05) is 0 Å². The van der Waals surface area contributed by atoms with Crippen LogP contribution in [0.1, 0.15) is 143 Å². The summed E-state index contributed by atoms with van der Waals surface area (Å²) in [6.45, 7) is 7.52. The largest absolute Gasteiger partial charge is 0.480 e. The van der Waals surface area contributed by atoms with Gasteiger partial charge in [0.25, 0.3) is 0 Å². The third-order valence-electron chi connectivity index (χ3n) is 19.6. The van der Waals surface area contributed by atoms with Gasteiger partial charge in [-0.1, -0.05) is 58.0 Å². The lowest BCUT2D eigenvalue weighted by Gasteiger charge is -2.33. The Morgan fingerprint density at radius 2 is 0.930 bits per heavy atom. The quantitative estimate of drug-likeness (QED) is 0.0125. The number of carboxylic acid groups (broad SMARTS) is 1. The molecule has 1 aromatic rings. The summed E-state index contributed by atoms with van der Waals surface area (Å²) in [5, 5.41) is 49.4. The van der Waals surface area contributed by atoms with Crippen LogP contribution in [0.4, 0.5) is 0 Å². The minimum Gasteiger partial charge on any atom is -0.480 e. The van der Waals surface area contributed by atoms with Crippen molar-refractivity contribution < 1.29 is 82.1 Å². The number of rotatable bonds is 46. The van der Waals surface area contributed by atoms with Gasteiger partial charge in [-0.25, -0.2) is 4.79 Å². The third-order valence-corrected chi connectivity index (χ3v) is 20.6. The van der Waals surface area contributed by atoms with Crippen molar-refractivity contribution in [2.24, 2.45) is 61.2 Å². The zero-order chi connectivity index (χ0) is 84.5. The second kappa shape index (κ2) is 47.4. The number of aliphatic hydroxyl groups is 1. The van der Waals surface area contributed by atoms with Crippen LogP contribution in [0.15, 0.2) is 45.3 Å². The molecule has 0 spiro atoms. The van der Waals surface area contributed by atoms with E-state index >= 15 is 0 Å². The summed E-state index contributed by atoms with van der Waals surface area (Å²) in [7, 11) is 0. The molecule has 634 valence electrons. The van der Waals surface area contributed by atoms with Crippen LogP contribution in [0.2, 0.25) is 0 Å². The van der Waals surface area contributed by atoms with Gasteiger partial charge in [0.1, 0.15) is 84.6 Å². The molecule has 4 heterocycles. The molecule has 0 aliphatic carbocycles. The maximum atomic E-state index is 14.7. The Labute approximate surface area is 672 Å². The summed E-state index contributed by atoms with van der Waals surface area (Å²) in [5.74, 6) is -13.3. The van der Waals surface area contributed by atoms with Crippen LogP contribution in [0.5, 0.6) is 0 Å². The van der Waals surface area contributed by atoms with Gasteiger partial charge in [-0.15, -0.1) is 0 Å². The number of aliphatic carboxylic acids is 1. The summed E-state index contributed by atoms with van der Waals surface area (Å²) in [5.41, 5.74) is 33.8. The van der Waals surface area contributed by atoms with Crippen molar-refractivity contribution in [2.45, 2.75) is 228 Å². The monoisotopic (exact) mass is 1640 g/mol. The molecule has 4 saturated heterocycles. The number of likely N-dealkylation sites (tertiary alicyclic amines) is 3. The maximum Gasteiger partial charge on any atom is 0.326 e. The molecule has 4 fully saturated rings. The minimum absolute atomic E-state index is 0.00485. The molecule has 0 aromatic heterocycles. The van der Waals surface area contributed by atoms with Gasteiger partial charge in [-0.05, 0) is 133 Å². The first kappa shape index (κ1) is 94.3. The van der Waals surface area contributed by atoms with Crippen molar-refractivity contribution in [1.82, 2.24) is 73.2 Å². The second-order valence-corrected chi connectivity index (χ2v) is 30.7. The molecular formula is C72H117N23O17S2. The Morgan fingerprint density at radius 3 is 1.39 bits per heavy atom. The molecule has 5 rings (SSSR count). The van der Waals surface area contributed by atoms with E-state index < -0.39 is 180 Å². The van der Waals surface area contributed by atoms with E-state index in [9.17, 15) is 82.1 Å². The van der Waals surface area contributed by atoms with Crippen LogP contribution < -0.4 is 92.9 Å². The van der Waals surface area contributed by atoms with E-state index in [1.54, 1.807) is 64.3 Å². The van der Waals surface area contributed by atoms with E-state index in [0.717, 1.165) is 0 Å². The number of aliphatic hydroxyl groups excluding tert-OH is 1. The topological polar surface area (TPSA) is 632 Å². The highest BCUT2D eigenvalue weighted by atomic mass is 32.2. The standard InChI is InChI=1S/C72H117N23O17S2/c1-38(2)34-47(88-64(106)51-21-13-30-93(51)66(108)46(26-33-114-6)87-63(105)50(37-113)91-58(100)43(19-11-28-80-71(75)76)84-57(99)42(18-10-27-79-70(73)74)85-59(101)45-24-25-54(97)83-45)61(103)82-40(5)56(98)90-49(36-96)62(104)86-44(20-12-29-81-72(77)78)60(102)92-55(39(3)4)68(110)94-31-14-22-52(94)65(107)89-48(35-41-16-8-7-9-17-41)67(109)95-32-15-23-53(95)69(111)112/h7-9,16-17,38-40,42-53,55,96,113H,10-15,18-37H2,1-6H3,(H,82,103)(H,83,97)(H,84,99)(H,85,101)(H,86,104)(H,87,105)(H,88,106)(H,89,107)(H,90,98)(H,91,100)(H,92,102)(H,111,112)(H4,73,74,79)(H4,75,76,80)(H4,77,78,81)/t40-,42-,43-,44-,45?,46-,47-,48-,49-,50-,51-,52-,53-,55-/m0/s1. The fourth-order valence-electron chi connectivity index (χ4n) is 13.6. The van der Waals surface area contributed by atoms with Crippen molar-refractivity contribution >= 4 is 131 Å². The molecule has 114 heavy (non-hydrogen) atoms. The van der Waals surface area contributed by atoms with Crippen molar-refractivity contribution in [1.29, 1.82) is 0 Å². The molecule has 42 heteroatoms. The Bertz CT molecular complexity index is 3600. The third kappa shape index (κ3) is 29.9. The molecule has 4 aliphatic heterocycles. The number of hydrogen-bond acceptors (Lipinski definition) is 21. The predicted molar refractivity (Wildman–Crippen MR) is 426 cm³/mol. The molecule has 0 bridgehead atoms. The average molecular weight is 1640 g/mol. The number of nitrogens with two attached hydrogens (primary N) is 6. The lowest BCUT2D eigenvalue weighted by atomic mass is 10.0. The lowest BCUT2D eigenvalue weighted by Crippen LogP contribution is -2.61. The van der Waals surface area contributed by atoms with Gasteiger partial charge in [-0.2, -0.15) is 24.4 Å². The van der Waals surface area contributed by atoms with Gasteiger partial charge < -0.3 is 118 Å². The first-order valence-corrected chi connectivity index (χ1v) is 40.5. The molecule has 25 N–H and O–H groups in total. The number of hydrogen-bond donors (Lipinski definition) is 20. The Balaban J connectivity index is 1.25. The van der Waals surface area contributed by atoms with E-state index in [-0.39, 0.29) is 165 Å². The second-order valence-electron chi connectivity index (χ2n) is 29.3. The number of nitrogens with zero attached hydrogens (tertiary/aromatic N) is 6. The first-order valence-electron chi connectivity index (χ1n) is 38.5. The van der Waals surface area contributed by atoms with Gasteiger partial charge in [0.15, 0.2) is 17.9 Å². The number of amides is 14. The normalized spacial score (nSPS) is 19.1. The van der Waals surface area contributed by atoms with Crippen LogP contribution in [0.25, 0.3) is 0 Å². The highest BCUT2D eigenvalue weighted by Crippen LogP contribution is 2.25. The Kier molecular flexibility index (Phi) is 39.2. The summed E-state index contributed by atoms with van der Waals surface area (Å²) in [4.78, 5) is 224. The zero-order valence-electron chi connectivity index (χ0n) is 65.5. The minimum atomic E-state index is -1.75. The molecule has 0 saturated carbocycles. The summed E-state index contributed by atoms with van der Waals surface area (Å²) in [6, 6.07) is -9.21. The highest BCUT2D eigenvalue weighted by molar-refractivity contribution is 7.98. The zero-order valence-corrected chi connectivity index (χ0v) is 67.2. The molecule has 1 unspecified atom stereocenters. The number of carbonyl (C=O) groups excluding carboxylic acids is 14. The van der Waals surface area contributed by atoms with Crippen LogP contribution >= 0.6 is 24.4 Å². The van der Waals surface area contributed by atoms with Crippen molar-refractivity contribution in [2.75, 3.05) is 63.6 Å². The van der Waals surface area contributed by atoms with E-state index in [2.05, 4.69) is 86.1 Å². The van der Waals surface area contributed by atoms with Gasteiger partial charge in [-0.3, -0.25) is 82.1 Å². The maximum absolute atomic E-state index is 14.7. The van der Waals surface area contributed by atoms with Gasteiger partial charge in [0, 0.05) is 57.9 Å². The molecular weight excluding hydrogens is 1520 g/mol. The molecule has 14 atom stereocenters. The number of thioether (sulfide) groups is 1. The van der Waals surface area contributed by atoms with E-state index in [4.69, 9.17) is 34.4 Å². The number of carboxylic acids is 1. The van der Waals surface area contributed by atoms with Gasteiger partial charge >= 0.3 is 5.97 Å². The molecule has 40 nitrogen and oxygen atoms in total. The summed E-state index contributed by atoms with van der Waals surface area (Å²) in [6.07, 6.45) is 4.07. The van der Waals surface area contributed by atoms with Crippen LogP contribution in [0.3, 0.4) is 0 Å².